The molecule has 0 radical (unpaired) electrons. The van der Waals surface area contributed by atoms with E-state index < -0.39 is 0 Å². The number of aromatic nitrogens is 3. The molecule has 25 heavy (non-hydrogen) atoms. The van der Waals surface area contributed by atoms with Crippen molar-refractivity contribution >= 4 is 5.91 Å². The van der Waals surface area contributed by atoms with Gasteiger partial charge in [-0.25, -0.2) is 4.68 Å². The van der Waals surface area contributed by atoms with Gasteiger partial charge >= 0.3 is 0 Å². The van der Waals surface area contributed by atoms with Crippen molar-refractivity contribution in [2.75, 3.05) is 6.54 Å². The van der Waals surface area contributed by atoms with Gasteiger partial charge in [0.05, 0.1) is 11.9 Å². The van der Waals surface area contributed by atoms with E-state index in [9.17, 15) is 4.79 Å². The number of rotatable bonds is 6. The molecule has 3 aromatic rings. The Bertz CT molecular complexity index is 827. The number of nitrogens with zero attached hydrogens (tertiary/aromatic N) is 3. The molecular formula is C19H21N5O. The molecule has 1 amide bonds. The molecule has 0 aliphatic carbocycles. The van der Waals surface area contributed by atoms with Crippen LogP contribution < -0.4 is 11.1 Å². The SMILES string of the molecule is Cn1nncc1-c1ccc(C(=O)NC(CN)Cc2ccccc2)cc1. The minimum absolute atomic E-state index is 0.101. The summed E-state index contributed by atoms with van der Waals surface area (Å²) < 4.78 is 1.69. The zero-order chi connectivity index (χ0) is 17.6. The minimum atomic E-state index is -0.124. The molecule has 1 aromatic heterocycles. The van der Waals surface area contributed by atoms with Crippen molar-refractivity contribution in [3.8, 4) is 11.3 Å². The van der Waals surface area contributed by atoms with Crippen molar-refractivity contribution in [1.29, 1.82) is 0 Å². The van der Waals surface area contributed by atoms with Gasteiger partial charge in [-0.3, -0.25) is 4.79 Å². The summed E-state index contributed by atoms with van der Waals surface area (Å²) in [5.41, 5.74) is 9.43. The van der Waals surface area contributed by atoms with E-state index in [4.69, 9.17) is 5.73 Å². The molecule has 6 heteroatoms. The van der Waals surface area contributed by atoms with Gasteiger partial charge in [0.1, 0.15) is 0 Å². The van der Waals surface area contributed by atoms with Gasteiger partial charge in [0.25, 0.3) is 5.91 Å². The lowest BCUT2D eigenvalue weighted by atomic mass is 10.0. The third kappa shape index (κ3) is 4.10. The Morgan fingerprint density at radius 2 is 1.88 bits per heavy atom. The van der Waals surface area contributed by atoms with E-state index in [0.717, 1.165) is 16.8 Å². The van der Waals surface area contributed by atoms with Gasteiger partial charge in [-0.15, -0.1) is 5.10 Å². The molecule has 3 rings (SSSR count). The van der Waals surface area contributed by atoms with Gasteiger partial charge in [0.15, 0.2) is 0 Å². The number of carbonyl (C=O) groups excluding carboxylic acids is 1. The second-order valence-electron chi connectivity index (χ2n) is 5.92. The highest BCUT2D eigenvalue weighted by atomic mass is 16.1. The zero-order valence-corrected chi connectivity index (χ0v) is 14.1. The molecule has 3 N–H and O–H groups in total. The summed E-state index contributed by atoms with van der Waals surface area (Å²) in [7, 11) is 1.83. The molecule has 1 heterocycles. The van der Waals surface area contributed by atoms with E-state index in [1.54, 1.807) is 23.0 Å². The highest BCUT2D eigenvalue weighted by Gasteiger charge is 2.13. The quantitative estimate of drug-likeness (QED) is 0.719. The van der Waals surface area contributed by atoms with Crippen LogP contribution in [0.25, 0.3) is 11.3 Å². The van der Waals surface area contributed by atoms with Gasteiger partial charge in [0, 0.05) is 30.8 Å². The summed E-state index contributed by atoms with van der Waals surface area (Å²) in [4.78, 5) is 12.5. The van der Waals surface area contributed by atoms with Crippen LogP contribution in [0.2, 0.25) is 0 Å². The second-order valence-corrected chi connectivity index (χ2v) is 5.92. The minimum Gasteiger partial charge on any atom is -0.348 e. The van der Waals surface area contributed by atoms with Crippen molar-refractivity contribution < 1.29 is 4.79 Å². The number of benzene rings is 2. The molecular weight excluding hydrogens is 314 g/mol. The lowest BCUT2D eigenvalue weighted by Crippen LogP contribution is -2.41. The van der Waals surface area contributed by atoms with Gasteiger partial charge in [-0.2, -0.15) is 0 Å². The Morgan fingerprint density at radius 1 is 1.16 bits per heavy atom. The van der Waals surface area contributed by atoms with Crippen molar-refractivity contribution in [3.05, 3.63) is 71.9 Å². The van der Waals surface area contributed by atoms with Crippen molar-refractivity contribution in [2.24, 2.45) is 12.8 Å². The lowest BCUT2D eigenvalue weighted by molar-refractivity contribution is 0.0938. The summed E-state index contributed by atoms with van der Waals surface area (Å²) in [5.74, 6) is -0.124. The number of hydrogen-bond acceptors (Lipinski definition) is 4. The fourth-order valence-electron chi connectivity index (χ4n) is 2.70. The van der Waals surface area contributed by atoms with Gasteiger partial charge < -0.3 is 11.1 Å². The first-order chi connectivity index (χ1) is 12.2. The summed E-state index contributed by atoms with van der Waals surface area (Å²) in [6.45, 7) is 0.388. The molecule has 0 spiro atoms. The van der Waals surface area contributed by atoms with Crippen LogP contribution in [0.1, 0.15) is 15.9 Å². The normalized spacial score (nSPS) is 11.9. The van der Waals surface area contributed by atoms with Crippen molar-refractivity contribution in [3.63, 3.8) is 0 Å². The molecule has 0 aliphatic heterocycles. The predicted molar refractivity (Wildman–Crippen MR) is 96.9 cm³/mol. The molecule has 1 atom stereocenters. The maximum absolute atomic E-state index is 12.5. The number of nitrogens with one attached hydrogen (secondary N) is 1. The van der Waals surface area contributed by atoms with Crippen LogP contribution in [0.15, 0.2) is 60.8 Å². The van der Waals surface area contributed by atoms with E-state index in [2.05, 4.69) is 15.6 Å². The van der Waals surface area contributed by atoms with Crippen LogP contribution >= 0.6 is 0 Å². The summed E-state index contributed by atoms with van der Waals surface area (Å²) >= 11 is 0. The Labute approximate surface area is 146 Å². The molecule has 6 nitrogen and oxygen atoms in total. The molecule has 128 valence electrons. The molecule has 0 aliphatic rings. The number of carbonyl (C=O) groups is 1. The average molecular weight is 335 g/mol. The van der Waals surface area contributed by atoms with Gasteiger partial charge in [-0.05, 0) is 24.1 Å². The molecule has 1 unspecified atom stereocenters. The fraction of sp³-hybridized carbons (Fsp3) is 0.211. The fourth-order valence-corrected chi connectivity index (χ4v) is 2.70. The predicted octanol–water partition coefficient (Wildman–Crippen LogP) is 1.78. The average Bonchev–Trinajstić information content (AvgIpc) is 3.08. The van der Waals surface area contributed by atoms with Crippen LogP contribution in [0.4, 0.5) is 0 Å². The Balaban J connectivity index is 1.67. The van der Waals surface area contributed by atoms with Crippen LogP contribution in [0.3, 0.4) is 0 Å². The molecule has 0 saturated heterocycles. The Morgan fingerprint density at radius 3 is 2.48 bits per heavy atom. The molecule has 0 bridgehead atoms. The Hall–Kier alpha value is -2.99. The van der Waals surface area contributed by atoms with Crippen LogP contribution in [-0.4, -0.2) is 33.5 Å². The smallest absolute Gasteiger partial charge is 0.251 e. The largest absolute Gasteiger partial charge is 0.348 e. The standard InChI is InChI=1S/C19H21N5O/c1-24-18(13-21-23-24)15-7-9-16(10-8-15)19(25)22-17(12-20)11-14-5-3-2-4-6-14/h2-10,13,17H,11-12,20H2,1H3,(H,22,25). The van der Waals surface area contributed by atoms with Crippen molar-refractivity contribution in [1.82, 2.24) is 20.3 Å². The lowest BCUT2D eigenvalue weighted by Gasteiger charge is -2.17. The highest BCUT2D eigenvalue weighted by molar-refractivity contribution is 5.94. The van der Waals surface area contributed by atoms with E-state index in [0.29, 0.717) is 18.5 Å². The monoisotopic (exact) mass is 335 g/mol. The Kier molecular flexibility index (Phi) is 5.20. The van der Waals surface area contributed by atoms with E-state index >= 15 is 0 Å². The number of aryl methyl sites for hydroxylation is 1. The van der Waals surface area contributed by atoms with E-state index in [1.807, 2.05) is 49.5 Å². The number of hydrogen-bond donors (Lipinski definition) is 2. The maximum atomic E-state index is 12.5. The van der Waals surface area contributed by atoms with E-state index in [1.165, 1.54) is 0 Å². The second kappa shape index (κ2) is 7.72. The number of nitrogens with two attached hydrogens (primary N) is 1. The topological polar surface area (TPSA) is 85.8 Å². The third-order valence-electron chi connectivity index (χ3n) is 4.10. The summed E-state index contributed by atoms with van der Waals surface area (Å²) in [5, 5.41) is 10.8. The first-order valence-electron chi connectivity index (χ1n) is 8.17. The maximum Gasteiger partial charge on any atom is 0.251 e. The first kappa shape index (κ1) is 16.9. The van der Waals surface area contributed by atoms with Crippen molar-refractivity contribution in [2.45, 2.75) is 12.5 Å². The number of amides is 1. The first-order valence-corrected chi connectivity index (χ1v) is 8.17. The zero-order valence-electron chi connectivity index (χ0n) is 14.1. The molecule has 0 saturated carbocycles. The summed E-state index contributed by atoms with van der Waals surface area (Å²) in [6.07, 6.45) is 2.40. The van der Waals surface area contributed by atoms with Gasteiger partial charge in [-0.1, -0.05) is 47.7 Å². The third-order valence-corrected chi connectivity index (χ3v) is 4.10. The van der Waals surface area contributed by atoms with Crippen LogP contribution in [-0.2, 0) is 13.5 Å². The van der Waals surface area contributed by atoms with Crippen LogP contribution in [0.5, 0.6) is 0 Å². The van der Waals surface area contributed by atoms with Crippen LogP contribution in [0, 0.1) is 0 Å². The van der Waals surface area contributed by atoms with Gasteiger partial charge in [0.2, 0.25) is 0 Å². The molecule has 0 fully saturated rings. The van der Waals surface area contributed by atoms with E-state index in [-0.39, 0.29) is 11.9 Å². The molecule has 2 aromatic carbocycles. The highest BCUT2D eigenvalue weighted by Crippen LogP contribution is 2.17. The summed E-state index contributed by atoms with van der Waals surface area (Å²) in [6, 6.07) is 17.3.